The number of hydrogen-bond donors (Lipinski definition) is 3. The number of carbonyl (C=O) groups excluding carboxylic acids is 1. The maximum Gasteiger partial charge on any atom is 0.411 e. The van der Waals surface area contributed by atoms with Crippen molar-refractivity contribution >= 4 is 23.4 Å². The largest absolute Gasteiger partial charge is 0.506 e. The van der Waals surface area contributed by atoms with Crippen LogP contribution >= 0.6 is 0 Å². The molecule has 0 bridgehead atoms. The number of anilines is 2. The fourth-order valence-corrected chi connectivity index (χ4v) is 3.35. The van der Waals surface area contributed by atoms with Crippen LogP contribution < -0.4 is 15.5 Å². The third-order valence-electron chi connectivity index (χ3n) is 4.93. The third kappa shape index (κ3) is 5.56. The van der Waals surface area contributed by atoms with E-state index in [9.17, 15) is 9.90 Å². The summed E-state index contributed by atoms with van der Waals surface area (Å²) in [6.45, 7) is 6.66. The molecule has 0 saturated carbocycles. The molecular weight excluding hydrogens is 382 g/mol. The van der Waals surface area contributed by atoms with E-state index in [2.05, 4.69) is 32.1 Å². The van der Waals surface area contributed by atoms with Gasteiger partial charge in [-0.2, -0.15) is 0 Å². The number of methoxy groups -OCH3 is 1. The molecule has 0 aliphatic carbocycles. The van der Waals surface area contributed by atoms with E-state index in [4.69, 9.17) is 4.99 Å². The van der Waals surface area contributed by atoms with Crippen LogP contribution in [-0.4, -0.2) is 61.9 Å². The molecule has 1 amide bonds. The first-order valence-corrected chi connectivity index (χ1v) is 10.1. The number of phenolic OH excluding ortho intramolecular Hbond substituents is 1. The lowest BCUT2D eigenvalue weighted by molar-refractivity contribution is 0.187. The molecule has 1 fully saturated rings. The van der Waals surface area contributed by atoms with E-state index in [-0.39, 0.29) is 0 Å². The summed E-state index contributed by atoms with van der Waals surface area (Å²) >= 11 is 0. The summed E-state index contributed by atoms with van der Waals surface area (Å²) in [6.07, 6.45) is -0.488. The van der Waals surface area contributed by atoms with Crippen molar-refractivity contribution in [3.63, 3.8) is 0 Å². The molecule has 160 valence electrons. The Bertz CT molecular complexity index is 861. The molecule has 0 unspecified atom stereocenters. The van der Waals surface area contributed by atoms with Crippen LogP contribution in [0.3, 0.4) is 0 Å². The van der Waals surface area contributed by atoms with Crippen molar-refractivity contribution in [2.75, 3.05) is 50.1 Å². The van der Waals surface area contributed by atoms with Crippen LogP contribution in [0.4, 0.5) is 16.2 Å². The van der Waals surface area contributed by atoms with Gasteiger partial charge < -0.3 is 25.0 Å². The number of aliphatic imine (C=N–C) groups is 1. The van der Waals surface area contributed by atoms with Gasteiger partial charge >= 0.3 is 6.09 Å². The molecule has 8 nitrogen and oxygen atoms in total. The van der Waals surface area contributed by atoms with Crippen LogP contribution in [-0.2, 0) is 11.3 Å². The maximum absolute atomic E-state index is 11.3. The number of benzene rings is 2. The standard InChI is InChI=1S/C22H29N5O3/c1-3-23-21(24-16-17-8-10-18(11-9-17)25-22(29)30-2)27-14-12-26(13-15-27)19-6-4-5-7-20(19)28/h4-11,28H,3,12-16H2,1-2H3,(H,23,24)(H,25,29). The first kappa shape index (κ1) is 21.3. The van der Waals surface area contributed by atoms with Gasteiger partial charge in [0.2, 0.25) is 0 Å². The first-order chi connectivity index (χ1) is 14.6. The Morgan fingerprint density at radius 2 is 1.80 bits per heavy atom. The maximum atomic E-state index is 11.3. The van der Waals surface area contributed by atoms with Crippen molar-refractivity contribution in [2.45, 2.75) is 13.5 Å². The number of phenols is 1. The molecule has 0 radical (unpaired) electrons. The van der Waals surface area contributed by atoms with Crippen LogP contribution in [0.2, 0.25) is 0 Å². The zero-order valence-corrected chi connectivity index (χ0v) is 17.5. The highest BCUT2D eigenvalue weighted by Crippen LogP contribution is 2.27. The van der Waals surface area contributed by atoms with Crippen molar-refractivity contribution in [2.24, 2.45) is 4.99 Å². The molecule has 2 aromatic carbocycles. The number of piperazine rings is 1. The summed E-state index contributed by atoms with van der Waals surface area (Å²) in [4.78, 5) is 20.5. The Morgan fingerprint density at radius 1 is 1.10 bits per heavy atom. The van der Waals surface area contributed by atoms with Crippen LogP contribution in [0, 0.1) is 0 Å². The third-order valence-corrected chi connectivity index (χ3v) is 4.93. The summed E-state index contributed by atoms with van der Waals surface area (Å²) in [5, 5.41) is 16.1. The fraction of sp³-hybridized carbons (Fsp3) is 0.364. The predicted octanol–water partition coefficient (Wildman–Crippen LogP) is 2.86. The molecule has 3 rings (SSSR count). The van der Waals surface area contributed by atoms with Crippen molar-refractivity contribution < 1.29 is 14.6 Å². The average molecular weight is 412 g/mol. The molecule has 3 N–H and O–H groups in total. The lowest BCUT2D eigenvalue weighted by Gasteiger charge is -2.37. The monoisotopic (exact) mass is 411 g/mol. The molecule has 1 saturated heterocycles. The Hall–Kier alpha value is -3.42. The summed E-state index contributed by atoms with van der Waals surface area (Å²) in [5.41, 5.74) is 2.61. The van der Waals surface area contributed by atoms with Crippen molar-refractivity contribution in [1.82, 2.24) is 10.2 Å². The lowest BCUT2D eigenvalue weighted by atomic mass is 10.2. The van der Waals surface area contributed by atoms with Gasteiger partial charge in [0.05, 0.1) is 19.3 Å². The molecule has 1 aliphatic heterocycles. The van der Waals surface area contributed by atoms with Gasteiger partial charge in [0.15, 0.2) is 5.96 Å². The zero-order chi connectivity index (χ0) is 21.3. The van der Waals surface area contributed by atoms with E-state index >= 15 is 0 Å². The highest BCUT2D eigenvalue weighted by Gasteiger charge is 2.21. The van der Waals surface area contributed by atoms with Gasteiger partial charge in [-0.25, -0.2) is 9.79 Å². The summed E-state index contributed by atoms with van der Waals surface area (Å²) in [5.74, 6) is 1.20. The van der Waals surface area contributed by atoms with Crippen LogP contribution in [0.5, 0.6) is 5.75 Å². The van der Waals surface area contributed by atoms with E-state index in [1.807, 2.05) is 42.5 Å². The number of ether oxygens (including phenoxy) is 1. The SMILES string of the molecule is CCNC(=NCc1ccc(NC(=O)OC)cc1)N1CCN(c2ccccc2O)CC1. The second kappa shape index (κ2) is 10.4. The van der Waals surface area contributed by atoms with Gasteiger partial charge in [-0.1, -0.05) is 24.3 Å². The fourth-order valence-electron chi connectivity index (χ4n) is 3.35. The topological polar surface area (TPSA) is 89.4 Å². The molecule has 2 aromatic rings. The zero-order valence-electron chi connectivity index (χ0n) is 17.5. The first-order valence-electron chi connectivity index (χ1n) is 10.1. The van der Waals surface area contributed by atoms with E-state index in [0.29, 0.717) is 18.0 Å². The Kier molecular flexibility index (Phi) is 7.37. The molecule has 0 aromatic heterocycles. The van der Waals surface area contributed by atoms with Gasteiger partial charge in [-0.05, 0) is 36.8 Å². The summed E-state index contributed by atoms with van der Waals surface area (Å²) < 4.78 is 4.60. The molecule has 1 aliphatic rings. The lowest BCUT2D eigenvalue weighted by Crippen LogP contribution is -2.52. The number of aromatic hydroxyl groups is 1. The summed E-state index contributed by atoms with van der Waals surface area (Å²) in [7, 11) is 1.34. The minimum Gasteiger partial charge on any atom is -0.506 e. The number of nitrogens with zero attached hydrogens (tertiary/aromatic N) is 3. The minimum absolute atomic E-state index is 0.316. The van der Waals surface area contributed by atoms with Gasteiger partial charge in [0, 0.05) is 38.4 Å². The second-order valence-corrected chi connectivity index (χ2v) is 6.95. The van der Waals surface area contributed by atoms with E-state index in [0.717, 1.165) is 49.9 Å². The molecule has 8 heteroatoms. The number of amides is 1. The van der Waals surface area contributed by atoms with Crippen molar-refractivity contribution in [3.05, 3.63) is 54.1 Å². The van der Waals surface area contributed by atoms with Gasteiger partial charge in [0.25, 0.3) is 0 Å². The predicted molar refractivity (Wildman–Crippen MR) is 119 cm³/mol. The molecule has 1 heterocycles. The summed E-state index contributed by atoms with van der Waals surface area (Å²) in [6, 6.07) is 15.0. The minimum atomic E-state index is -0.488. The van der Waals surface area contributed by atoms with Gasteiger partial charge in [-0.15, -0.1) is 0 Å². The number of rotatable bonds is 5. The Labute approximate surface area is 177 Å². The van der Waals surface area contributed by atoms with Crippen LogP contribution in [0.1, 0.15) is 12.5 Å². The van der Waals surface area contributed by atoms with E-state index < -0.39 is 6.09 Å². The number of carbonyl (C=O) groups is 1. The molecule has 0 spiro atoms. The van der Waals surface area contributed by atoms with Crippen LogP contribution in [0.15, 0.2) is 53.5 Å². The highest BCUT2D eigenvalue weighted by atomic mass is 16.5. The Morgan fingerprint density at radius 3 is 2.43 bits per heavy atom. The molecule has 30 heavy (non-hydrogen) atoms. The Balaban J connectivity index is 1.60. The number of para-hydroxylation sites is 2. The normalized spacial score (nSPS) is 14.4. The average Bonchev–Trinajstić information content (AvgIpc) is 2.78. The number of guanidine groups is 1. The molecular formula is C22H29N5O3. The number of nitrogens with one attached hydrogen (secondary N) is 2. The van der Waals surface area contributed by atoms with Gasteiger partial charge in [-0.3, -0.25) is 5.32 Å². The highest BCUT2D eigenvalue weighted by molar-refractivity contribution is 5.84. The van der Waals surface area contributed by atoms with E-state index in [1.165, 1.54) is 7.11 Å². The smallest absolute Gasteiger partial charge is 0.411 e. The van der Waals surface area contributed by atoms with E-state index in [1.54, 1.807) is 6.07 Å². The van der Waals surface area contributed by atoms with Crippen molar-refractivity contribution in [1.29, 1.82) is 0 Å². The number of hydrogen-bond acceptors (Lipinski definition) is 5. The second-order valence-electron chi connectivity index (χ2n) is 6.95. The van der Waals surface area contributed by atoms with Crippen LogP contribution in [0.25, 0.3) is 0 Å². The van der Waals surface area contributed by atoms with Gasteiger partial charge in [0.1, 0.15) is 5.75 Å². The quantitative estimate of drug-likeness (QED) is 0.518. The molecule has 0 atom stereocenters. The van der Waals surface area contributed by atoms with Crippen molar-refractivity contribution in [3.8, 4) is 5.75 Å².